The molecule has 3 N–H and O–H groups in total. The minimum atomic E-state index is -2.56. The Bertz CT molecular complexity index is 941. The van der Waals surface area contributed by atoms with E-state index in [-0.39, 0.29) is 16.5 Å². The minimum absolute atomic E-state index is 0.0480. The van der Waals surface area contributed by atoms with Gasteiger partial charge in [-0.2, -0.15) is 0 Å². The molecule has 1 heterocycles. The van der Waals surface area contributed by atoms with Crippen molar-refractivity contribution in [2.24, 2.45) is 5.92 Å². The molecule has 5 heteroatoms. The smallest absolute Gasteiger partial charge is 0.217 e. The van der Waals surface area contributed by atoms with Gasteiger partial charge in [0.05, 0.1) is 5.39 Å². The Hall–Kier alpha value is -2.47. The van der Waals surface area contributed by atoms with Crippen LogP contribution in [0.2, 0.25) is 0 Å². The maximum atomic E-state index is 12.7. The third-order valence-corrected chi connectivity index (χ3v) is 4.25. The van der Waals surface area contributed by atoms with E-state index < -0.39 is 23.2 Å². The SMILES string of the molecule is CC(C)C(O)C(O)(O)c1cccc2oc(-c3ccccc3)cc(=O)c12. The summed E-state index contributed by atoms with van der Waals surface area (Å²) in [5.41, 5.74) is 0.499. The fourth-order valence-electron chi connectivity index (χ4n) is 2.88. The Morgan fingerprint density at radius 2 is 1.68 bits per heavy atom. The van der Waals surface area contributed by atoms with Crippen molar-refractivity contribution in [2.75, 3.05) is 0 Å². The van der Waals surface area contributed by atoms with E-state index in [0.717, 1.165) is 5.56 Å². The van der Waals surface area contributed by atoms with Crippen molar-refractivity contribution in [1.82, 2.24) is 0 Å². The molecule has 0 aliphatic heterocycles. The number of hydrogen-bond donors (Lipinski definition) is 3. The molecule has 0 radical (unpaired) electrons. The second kappa shape index (κ2) is 6.44. The second-order valence-electron chi connectivity index (χ2n) is 6.43. The van der Waals surface area contributed by atoms with Gasteiger partial charge in [-0.25, -0.2) is 0 Å². The predicted molar refractivity (Wildman–Crippen MR) is 94.9 cm³/mol. The van der Waals surface area contributed by atoms with Gasteiger partial charge in [-0.05, 0) is 12.0 Å². The van der Waals surface area contributed by atoms with E-state index in [1.165, 1.54) is 12.1 Å². The van der Waals surface area contributed by atoms with Crippen molar-refractivity contribution < 1.29 is 19.7 Å². The standard InChI is InChI=1S/C20H20O5/c1-12(2)19(22)20(23,24)14-9-6-10-16-18(14)15(21)11-17(25-16)13-7-4-3-5-8-13/h3-12,19,22-24H,1-2H3. The van der Waals surface area contributed by atoms with Crippen molar-refractivity contribution in [1.29, 1.82) is 0 Å². The third-order valence-electron chi connectivity index (χ3n) is 4.25. The average Bonchev–Trinajstić information content (AvgIpc) is 2.61. The normalized spacial score (nSPS) is 13.4. The van der Waals surface area contributed by atoms with Crippen LogP contribution in [0.15, 0.2) is 63.8 Å². The molecule has 2 aromatic carbocycles. The van der Waals surface area contributed by atoms with Gasteiger partial charge in [-0.15, -0.1) is 0 Å². The number of fused-ring (bicyclic) bond motifs is 1. The van der Waals surface area contributed by atoms with Gasteiger partial charge >= 0.3 is 0 Å². The van der Waals surface area contributed by atoms with E-state index in [0.29, 0.717) is 5.76 Å². The summed E-state index contributed by atoms with van der Waals surface area (Å²) >= 11 is 0. The summed E-state index contributed by atoms with van der Waals surface area (Å²) in [5.74, 6) is -2.58. The first kappa shape index (κ1) is 17.4. The monoisotopic (exact) mass is 340 g/mol. The Morgan fingerprint density at radius 1 is 1.00 bits per heavy atom. The van der Waals surface area contributed by atoms with Crippen LogP contribution in [0.5, 0.6) is 0 Å². The molecule has 0 fully saturated rings. The van der Waals surface area contributed by atoms with Crippen LogP contribution in [-0.4, -0.2) is 21.4 Å². The molecule has 0 spiro atoms. The van der Waals surface area contributed by atoms with Gasteiger partial charge < -0.3 is 19.7 Å². The van der Waals surface area contributed by atoms with Crippen LogP contribution >= 0.6 is 0 Å². The van der Waals surface area contributed by atoms with Crippen LogP contribution in [0.25, 0.3) is 22.3 Å². The van der Waals surface area contributed by atoms with Gasteiger partial charge in [0, 0.05) is 17.2 Å². The summed E-state index contributed by atoms with van der Waals surface area (Å²) < 4.78 is 5.80. The second-order valence-corrected chi connectivity index (χ2v) is 6.43. The first-order chi connectivity index (χ1) is 11.8. The van der Waals surface area contributed by atoms with Gasteiger partial charge in [0.15, 0.2) is 5.43 Å². The summed E-state index contributed by atoms with van der Waals surface area (Å²) in [6.45, 7) is 3.32. The van der Waals surface area contributed by atoms with Crippen molar-refractivity contribution in [3.05, 3.63) is 70.4 Å². The molecule has 1 aromatic heterocycles. The maximum Gasteiger partial charge on any atom is 0.217 e. The fourth-order valence-corrected chi connectivity index (χ4v) is 2.88. The number of aliphatic hydroxyl groups is 3. The van der Waals surface area contributed by atoms with Crippen molar-refractivity contribution in [3.63, 3.8) is 0 Å². The lowest BCUT2D eigenvalue weighted by molar-refractivity contribution is -0.244. The Balaban J connectivity index is 2.23. The van der Waals surface area contributed by atoms with E-state index in [1.807, 2.05) is 30.3 Å². The molecule has 1 unspecified atom stereocenters. The van der Waals surface area contributed by atoms with Gasteiger partial charge in [0.2, 0.25) is 5.79 Å². The highest BCUT2D eigenvalue weighted by Gasteiger charge is 2.39. The fraction of sp³-hybridized carbons (Fsp3) is 0.250. The van der Waals surface area contributed by atoms with Crippen molar-refractivity contribution in [2.45, 2.75) is 25.7 Å². The molecule has 0 amide bonds. The van der Waals surface area contributed by atoms with Crippen LogP contribution in [0, 0.1) is 5.92 Å². The molecule has 0 bridgehead atoms. The molecular formula is C20H20O5. The Kier molecular flexibility index (Phi) is 4.47. The Morgan fingerprint density at radius 3 is 2.32 bits per heavy atom. The predicted octanol–water partition coefficient (Wildman–Crippen LogP) is 2.61. The Labute approximate surface area is 144 Å². The largest absolute Gasteiger partial charge is 0.456 e. The van der Waals surface area contributed by atoms with Gasteiger partial charge in [-0.1, -0.05) is 56.3 Å². The molecule has 5 nitrogen and oxygen atoms in total. The van der Waals surface area contributed by atoms with E-state index >= 15 is 0 Å². The van der Waals surface area contributed by atoms with Crippen LogP contribution in [0.4, 0.5) is 0 Å². The molecular weight excluding hydrogens is 320 g/mol. The van der Waals surface area contributed by atoms with Crippen LogP contribution < -0.4 is 5.43 Å². The first-order valence-electron chi connectivity index (χ1n) is 8.08. The summed E-state index contributed by atoms with van der Waals surface area (Å²) in [4.78, 5) is 12.7. The van der Waals surface area contributed by atoms with E-state index in [2.05, 4.69) is 0 Å². The van der Waals surface area contributed by atoms with Crippen LogP contribution in [0.1, 0.15) is 19.4 Å². The quantitative estimate of drug-likeness (QED) is 0.635. The number of aliphatic hydroxyl groups excluding tert-OH is 1. The highest BCUT2D eigenvalue weighted by Crippen LogP contribution is 2.32. The van der Waals surface area contributed by atoms with Gasteiger partial charge in [0.1, 0.15) is 17.4 Å². The van der Waals surface area contributed by atoms with E-state index in [4.69, 9.17) is 4.42 Å². The summed E-state index contributed by atoms with van der Waals surface area (Å²) in [6, 6.07) is 15.0. The third kappa shape index (κ3) is 3.09. The highest BCUT2D eigenvalue weighted by atomic mass is 16.5. The molecule has 25 heavy (non-hydrogen) atoms. The molecule has 0 saturated heterocycles. The lowest BCUT2D eigenvalue weighted by Gasteiger charge is -2.30. The van der Waals surface area contributed by atoms with Crippen molar-refractivity contribution >= 4 is 11.0 Å². The van der Waals surface area contributed by atoms with Crippen LogP contribution in [-0.2, 0) is 5.79 Å². The summed E-state index contributed by atoms with van der Waals surface area (Å²) in [5, 5.41) is 31.1. The molecule has 0 aliphatic rings. The number of hydrogen-bond acceptors (Lipinski definition) is 5. The van der Waals surface area contributed by atoms with E-state index in [1.54, 1.807) is 26.0 Å². The first-order valence-corrected chi connectivity index (χ1v) is 8.08. The van der Waals surface area contributed by atoms with Crippen molar-refractivity contribution in [3.8, 4) is 11.3 Å². The molecule has 1 atom stereocenters. The molecule has 3 rings (SSSR count). The highest BCUT2D eigenvalue weighted by molar-refractivity contribution is 5.82. The average molecular weight is 340 g/mol. The molecule has 130 valence electrons. The zero-order valence-corrected chi connectivity index (χ0v) is 14.0. The lowest BCUT2D eigenvalue weighted by atomic mass is 9.90. The zero-order chi connectivity index (χ0) is 18.2. The number of rotatable bonds is 4. The van der Waals surface area contributed by atoms with E-state index in [9.17, 15) is 20.1 Å². The zero-order valence-electron chi connectivity index (χ0n) is 14.0. The minimum Gasteiger partial charge on any atom is -0.456 e. The topological polar surface area (TPSA) is 90.9 Å². The molecule has 3 aromatic rings. The van der Waals surface area contributed by atoms with Gasteiger partial charge in [-0.3, -0.25) is 4.79 Å². The number of benzene rings is 2. The molecule has 0 saturated carbocycles. The summed E-state index contributed by atoms with van der Waals surface area (Å²) in [7, 11) is 0. The summed E-state index contributed by atoms with van der Waals surface area (Å²) in [6.07, 6.45) is -1.45. The molecule has 0 aliphatic carbocycles. The van der Waals surface area contributed by atoms with Gasteiger partial charge in [0.25, 0.3) is 0 Å². The maximum absolute atomic E-state index is 12.7. The van der Waals surface area contributed by atoms with Crippen LogP contribution in [0.3, 0.4) is 0 Å². The lowest BCUT2D eigenvalue weighted by Crippen LogP contribution is -2.43.